The lowest BCUT2D eigenvalue weighted by atomic mass is 10.0. The maximum Gasteiger partial charge on any atom is 0.119 e. The number of ether oxygens (including phenoxy) is 1. The summed E-state index contributed by atoms with van der Waals surface area (Å²) < 4.78 is 5.59. The molecule has 18 heavy (non-hydrogen) atoms. The van der Waals surface area contributed by atoms with E-state index in [0.717, 1.165) is 37.1 Å². The van der Waals surface area contributed by atoms with E-state index in [2.05, 4.69) is 5.32 Å². The van der Waals surface area contributed by atoms with Gasteiger partial charge in [-0.05, 0) is 51.0 Å². The van der Waals surface area contributed by atoms with E-state index >= 15 is 0 Å². The van der Waals surface area contributed by atoms with Crippen LogP contribution in [0.15, 0.2) is 24.3 Å². The lowest BCUT2D eigenvalue weighted by molar-refractivity contribution is 0.0615. The lowest BCUT2D eigenvalue weighted by Gasteiger charge is -2.23. The molecule has 0 spiro atoms. The Labute approximate surface area is 109 Å². The van der Waals surface area contributed by atoms with Crippen LogP contribution in [0.25, 0.3) is 0 Å². The van der Waals surface area contributed by atoms with Gasteiger partial charge >= 0.3 is 0 Å². The third-order valence-electron chi connectivity index (χ3n) is 3.38. The average Bonchev–Trinajstić information content (AvgIpc) is 2.75. The minimum Gasteiger partial charge on any atom is -0.491 e. The molecule has 1 aliphatic carbocycles. The van der Waals surface area contributed by atoms with Crippen LogP contribution in [-0.4, -0.2) is 23.4 Å². The van der Waals surface area contributed by atoms with Gasteiger partial charge in [-0.25, -0.2) is 0 Å². The van der Waals surface area contributed by atoms with Crippen LogP contribution < -0.4 is 10.1 Å². The molecule has 1 aromatic rings. The Morgan fingerprint density at radius 1 is 1.22 bits per heavy atom. The Morgan fingerprint density at radius 2 is 1.83 bits per heavy atom. The first-order valence-electron chi connectivity index (χ1n) is 6.80. The van der Waals surface area contributed by atoms with Gasteiger partial charge in [0.05, 0.1) is 11.7 Å². The highest BCUT2D eigenvalue weighted by Gasteiger charge is 2.30. The highest BCUT2D eigenvalue weighted by Crippen LogP contribution is 2.29. The number of aliphatic hydroxyl groups is 1. The van der Waals surface area contributed by atoms with Crippen LogP contribution in [0.2, 0.25) is 0 Å². The predicted molar refractivity (Wildman–Crippen MR) is 74.1 cm³/mol. The second-order valence-electron chi connectivity index (χ2n) is 5.48. The van der Waals surface area contributed by atoms with E-state index in [9.17, 15) is 5.11 Å². The van der Waals surface area contributed by atoms with Gasteiger partial charge in [0.1, 0.15) is 5.75 Å². The zero-order chi connectivity index (χ0) is 13.0. The second-order valence-corrected chi connectivity index (χ2v) is 5.48. The third-order valence-corrected chi connectivity index (χ3v) is 3.38. The van der Waals surface area contributed by atoms with Crippen molar-refractivity contribution in [1.29, 1.82) is 0 Å². The van der Waals surface area contributed by atoms with Gasteiger partial charge in [-0.15, -0.1) is 0 Å². The largest absolute Gasteiger partial charge is 0.491 e. The molecule has 0 aliphatic heterocycles. The summed E-state index contributed by atoms with van der Waals surface area (Å²) >= 11 is 0. The maximum atomic E-state index is 10.2. The smallest absolute Gasteiger partial charge is 0.119 e. The van der Waals surface area contributed by atoms with Gasteiger partial charge < -0.3 is 15.2 Å². The van der Waals surface area contributed by atoms with Gasteiger partial charge in [0.2, 0.25) is 0 Å². The van der Waals surface area contributed by atoms with E-state index in [0.29, 0.717) is 6.54 Å². The van der Waals surface area contributed by atoms with Crippen LogP contribution in [0.1, 0.15) is 39.5 Å². The molecule has 3 heteroatoms. The summed E-state index contributed by atoms with van der Waals surface area (Å²) in [6, 6.07) is 7.91. The molecule has 0 atom stereocenters. The maximum absolute atomic E-state index is 10.2. The summed E-state index contributed by atoms with van der Waals surface area (Å²) in [5, 5.41) is 13.5. The van der Waals surface area contributed by atoms with Crippen LogP contribution >= 0.6 is 0 Å². The first-order chi connectivity index (χ1) is 8.57. The summed E-state index contributed by atoms with van der Waals surface area (Å²) in [6.45, 7) is 4.67. The molecule has 1 aromatic carbocycles. The van der Waals surface area contributed by atoms with Gasteiger partial charge in [-0.2, -0.15) is 0 Å². The number of rotatable bonds is 5. The monoisotopic (exact) mass is 249 g/mol. The van der Waals surface area contributed by atoms with Crippen molar-refractivity contribution < 1.29 is 9.84 Å². The molecule has 0 radical (unpaired) electrons. The van der Waals surface area contributed by atoms with Gasteiger partial charge in [-0.3, -0.25) is 0 Å². The number of hydrogen-bond donors (Lipinski definition) is 2. The molecule has 0 aromatic heterocycles. The fourth-order valence-electron chi connectivity index (χ4n) is 2.40. The Morgan fingerprint density at radius 3 is 2.39 bits per heavy atom. The fourth-order valence-corrected chi connectivity index (χ4v) is 2.40. The van der Waals surface area contributed by atoms with Crippen molar-refractivity contribution in [3.05, 3.63) is 24.3 Å². The quantitative estimate of drug-likeness (QED) is 0.842. The molecule has 2 N–H and O–H groups in total. The van der Waals surface area contributed by atoms with Crippen molar-refractivity contribution in [2.24, 2.45) is 0 Å². The SMILES string of the molecule is CC(C)Oc1ccc(NCC2(O)CCCC2)cc1. The zero-order valence-corrected chi connectivity index (χ0v) is 11.3. The highest BCUT2D eigenvalue weighted by molar-refractivity contribution is 5.46. The van der Waals surface area contributed by atoms with E-state index in [1.165, 1.54) is 0 Å². The van der Waals surface area contributed by atoms with Crippen molar-refractivity contribution in [1.82, 2.24) is 0 Å². The van der Waals surface area contributed by atoms with Crippen LogP contribution in [0, 0.1) is 0 Å². The van der Waals surface area contributed by atoms with Crippen molar-refractivity contribution >= 4 is 5.69 Å². The molecule has 1 saturated carbocycles. The van der Waals surface area contributed by atoms with E-state index < -0.39 is 5.60 Å². The first kappa shape index (κ1) is 13.2. The third kappa shape index (κ3) is 3.64. The van der Waals surface area contributed by atoms with Crippen LogP contribution in [0.5, 0.6) is 5.75 Å². The Bertz CT molecular complexity index is 367. The number of hydrogen-bond acceptors (Lipinski definition) is 3. The van der Waals surface area contributed by atoms with E-state index in [1.807, 2.05) is 38.1 Å². The summed E-state index contributed by atoms with van der Waals surface area (Å²) in [7, 11) is 0. The van der Waals surface area contributed by atoms with Crippen molar-refractivity contribution in [3.63, 3.8) is 0 Å². The fraction of sp³-hybridized carbons (Fsp3) is 0.600. The molecule has 0 amide bonds. The molecule has 0 saturated heterocycles. The van der Waals surface area contributed by atoms with Crippen LogP contribution in [-0.2, 0) is 0 Å². The van der Waals surface area contributed by atoms with Gasteiger partial charge in [0, 0.05) is 12.2 Å². The Kier molecular flexibility index (Phi) is 4.12. The molecular formula is C15H23NO2. The van der Waals surface area contributed by atoms with Crippen molar-refractivity contribution in [2.45, 2.75) is 51.2 Å². The van der Waals surface area contributed by atoms with Crippen LogP contribution in [0.4, 0.5) is 5.69 Å². The van der Waals surface area contributed by atoms with Crippen LogP contribution in [0.3, 0.4) is 0 Å². The molecule has 0 heterocycles. The normalized spacial score (nSPS) is 18.0. The van der Waals surface area contributed by atoms with Gasteiger partial charge in [0.15, 0.2) is 0 Å². The molecule has 2 rings (SSSR count). The van der Waals surface area contributed by atoms with E-state index in [4.69, 9.17) is 4.74 Å². The Hall–Kier alpha value is -1.22. The summed E-state index contributed by atoms with van der Waals surface area (Å²) in [4.78, 5) is 0. The average molecular weight is 249 g/mol. The number of anilines is 1. The predicted octanol–water partition coefficient (Wildman–Crippen LogP) is 3.19. The minimum atomic E-state index is -0.507. The molecular weight excluding hydrogens is 226 g/mol. The summed E-state index contributed by atoms with van der Waals surface area (Å²) in [5.41, 5.74) is 0.527. The standard InChI is InChI=1S/C15H23NO2/c1-12(2)18-14-7-5-13(6-8-14)16-11-15(17)9-3-4-10-15/h5-8,12,16-17H,3-4,9-11H2,1-2H3. The molecule has 0 unspecified atom stereocenters. The lowest BCUT2D eigenvalue weighted by Crippen LogP contribution is -2.33. The molecule has 1 aliphatic rings. The number of benzene rings is 1. The molecule has 0 bridgehead atoms. The first-order valence-corrected chi connectivity index (χ1v) is 6.80. The summed E-state index contributed by atoms with van der Waals surface area (Å²) in [6.07, 6.45) is 4.30. The van der Waals surface area contributed by atoms with E-state index in [1.54, 1.807) is 0 Å². The Balaban J connectivity index is 1.86. The van der Waals surface area contributed by atoms with Gasteiger partial charge in [-0.1, -0.05) is 12.8 Å². The molecule has 100 valence electrons. The van der Waals surface area contributed by atoms with Crippen molar-refractivity contribution in [2.75, 3.05) is 11.9 Å². The molecule has 1 fully saturated rings. The summed E-state index contributed by atoms with van der Waals surface area (Å²) in [5.74, 6) is 0.884. The van der Waals surface area contributed by atoms with E-state index in [-0.39, 0.29) is 6.10 Å². The van der Waals surface area contributed by atoms with Crippen molar-refractivity contribution in [3.8, 4) is 5.75 Å². The topological polar surface area (TPSA) is 41.5 Å². The molecule has 3 nitrogen and oxygen atoms in total. The highest BCUT2D eigenvalue weighted by atomic mass is 16.5. The minimum absolute atomic E-state index is 0.197. The zero-order valence-electron chi connectivity index (χ0n) is 11.3. The number of nitrogens with one attached hydrogen (secondary N) is 1. The second kappa shape index (κ2) is 5.61. The van der Waals surface area contributed by atoms with Gasteiger partial charge in [0.25, 0.3) is 0 Å².